The van der Waals surface area contributed by atoms with Gasteiger partial charge in [0.2, 0.25) is 5.76 Å². The van der Waals surface area contributed by atoms with E-state index in [2.05, 4.69) is 13.5 Å². The summed E-state index contributed by atoms with van der Waals surface area (Å²) in [5.41, 5.74) is -1.06. The summed E-state index contributed by atoms with van der Waals surface area (Å²) in [6.07, 6.45) is 6.30. The Bertz CT molecular complexity index is 994. The number of fused-ring (bicyclic) bond motifs is 2. The molecule has 1 aromatic rings. The second kappa shape index (κ2) is 6.11. The van der Waals surface area contributed by atoms with Gasteiger partial charge < -0.3 is 13.9 Å². The van der Waals surface area contributed by atoms with Gasteiger partial charge in [0.15, 0.2) is 5.78 Å². The van der Waals surface area contributed by atoms with E-state index in [9.17, 15) is 14.4 Å². The molecule has 0 amide bonds. The molecule has 0 radical (unpaired) electrons. The summed E-state index contributed by atoms with van der Waals surface area (Å²) in [5, 5.41) is 0. The molecule has 6 aliphatic rings. The van der Waals surface area contributed by atoms with E-state index in [-0.39, 0.29) is 40.7 Å². The molecule has 0 N–H and O–H groups in total. The molecule has 4 bridgehead atoms. The third-order valence-electron chi connectivity index (χ3n) is 9.59. The van der Waals surface area contributed by atoms with Gasteiger partial charge in [-0.25, -0.2) is 4.79 Å². The maximum absolute atomic E-state index is 13.8. The molecule has 2 heterocycles. The third kappa shape index (κ3) is 2.21. The van der Waals surface area contributed by atoms with Crippen molar-refractivity contribution in [2.45, 2.75) is 58.0 Å². The highest BCUT2D eigenvalue weighted by atomic mass is 16.6. The number of furan rings is 1. The Morgan fingerprint density at radius 2 is 2.00 bits per heavy atom. The first-order valence-electron chi connectivity index (χ1n) is 11.5. The first kappa shape index (κ1) is 19.3. The number of Topliss-reactive ketones (excluding diaryl/α,β-unsaturated/α-hetero) is 1. The van der Waals surface area contributed by atoms with Crippen molar-refractivity contribution in [2.24, 2.45) is 34.0 Å². The molecule has 164 valence electrons. The standard InChI is InChI=1S/C25H28O6/c1-14-15-6-9-25(20(14)26)18(11-15)24-8-4-7-23(2,13-30-22(24)28)17(24)12-19(25)31-21(27)16-5-3-10-29-16/h3,5,10,15,17-19H,1,4,6-9,11-13H2,2H3/t15-,17?,18?,19+,23-,24-,25?/m0/s1. The lowest BCUT2D eigenvalue weighted by molar-refractivity contribution is -0.254. The average Bonchev–Trinajstić information content (AvgIpc) is 3.30. The molecule has 31 heavy (non-hydrogen) atoms. The Kier molecular flexibility index (Phi) is 3.81. The second-order valence-electron chi connectivity index (χ2n) is 10.7. The van der Waals surface area contributed by atoms with Gasteiger partial charge >= 0.3 is 11.9 Å². The molecule has 1 saturated heterocycles. The van der Waals surface area contributed by atoms with Gasteiger partial charge in [0.1, 0.15) is 6.10 Å². The highest BCUT2D eigenvalue weighted by Gasteiger charge is 2.76. The second-order valence-corrected chi connectivity index (χ2v) is 10.7. The Balaban J connectivity index is 1.50. The van der Waals surface area contributed by atoms with Crippen molar-refractivity contribution in [3.05, 3.63) is 36.3 Å². The fraction of sp³-hybridized carbons (Fsp3) is 0.640. The van der Waals surface area contributed by atoms with Crippen LogP contribution in [-0.4, -0.2) is 30.4 Å². The molecule has 5 aliphatic carbocycles. The minimum atomic E-state index is -0.890. The Hall–Kier alpha value is -2.37. The van der Waals surface area contributed by atoms with Crippen molar-refractivity contribution < 1.29 is 28.3 Å². The smallest absolute Gasteiger partial charge is 0.374 e. The number of carbonyl (C=O) groups excluding carboxylic acids is 3. The molecule has 1 aliphatic heterocycles. The summed E-state index contributed by atoms with van der Waals surface area (Å²) >= 11 is 0. The lowest BCUT2D eigenvalue weighted by Crippen LogP contribution is -2.73. The summed E-state index contributed by atoms with van der Waals surface area (Å²) in [5.74, 6) is -0.566. The summed E-state index contributed by atoms with van der Waals surface area (Å²) in [6.45, 7) is 6.72. The molecule has 6 nitrogen and oxygen atoms in total. The molecule has 7 atom stereocenters. The third-order valence-corrected chi connectivity index (χ3v) is 9.59. The number of ketones is 1. The van der Waals surface area contributed by atoms with E-state index in [1.165, 1.54) is 6.26 Å². The molecule has 7 rings (SSSR count). The van der Waals surface area contributed by atoms with Gasteiger partial charge in [0.25, 0.3) is 0 Å². The van der Waals surface area contributed by atoms with Crippen molar-refractivity contribution in [1.29, 1.82) is 0 Å². The number of esters is 2. The molecular weight excluding hydrogens is 396 g/mol. The minimum absolute atomic E-state index is 0.00396. The van der Waals surface area contributed by atoms with Crippen molar-refractivity contribution >= 4 is 17.7 Å². The highest BCUT2D eigenvalue weighted by Crippen LogP contribution is 2.73. The number of carbonyl (C=O) groups is 3. The molecule has 6 fully saturated rings. The Morgan fingerprint density at radius 1 is 1.16 bits per heavy atom. The summed E-state index contributed by atoms with van der Waals surface area (Å²) < 4.78 is 17.2. The van der Waals surface area contributed by atoms with Gasteiger partial charge in [-0.3, -0.25) is 9.59 Å². The monoisotopic (exact) mass is 424 g/mol. The fourth-order valence-corrected chi connectivity index (χ4v) is 8.22. The zero-order valence-corrected chi connectivity index (χ0v) is 17.9. The number of ether oxygens (including phenoxy) is 2. The predicted octanol–water partition coefficient (Wildman–Crippen LogP) is 4.10. The molecule has 3 unspecified atom stereocenters. The maximum atomic E-state index is 13.8. The van der Waals surface area contributed by atoms with E-state index in [1.807, 2.05) is 0 Å². The van der Waals surface area contributed by atoms with Crippen LogP contribution in [0.1, 0.15) is 62.4 Å². The molecule has 0 aromatic carbocycles. The first-order chi connectivity index (χ1) is 14.8. The summed E-state index contributed by atoms with van der Waals surface area (Å²) in [6, 6.07) is 3.23. The quantitative estimate of drug-likeness (QED) is 0.525. The van der Waals surface area contributed by atoms with Gasteiger partial charge in [0.05, 0.1) is 23.7 Å². The molecule has 1 aromatic heterocycles. The van der Waals surface area contributed by atoms with Crippen molar-refractivity contribution in [1.82, 2.24) is 0 Å². The molecule has 5 saturated carbocycles. The van der Waals surface area contributed by atoms with Gasteiger partial charge in [-0.1, -0.05) is 19.9 Å². The van der Waals surface area contributed by atoms with Crippen LogP contribution in [0.2, 0.25) is 0 Å². The minimum Gasteiger partial charge on any atom is -0.465 e. The number of rotatable bonds is 2. The maximum Gasteiger partial charge on any atom is 0.374 e. The molecule has 6 heteroatoms. The average molecular weight is 424 g/mol. The normalized spacial score (nSPS) is 45.5. The molecular formula is C25H28O6. The van der Waals surface area contributed by atoms with Gasteiger partial charge in [-0.2, -0.15) is 0 Å². The van der Waals surface area contributed by atoms with E-state index in [0.717, 1.165) is 32.1 Å². The van der Waals surface area contributed by atoms with Crippen molar-refractivity contribution in [2.75, 3.05) is 6.61 Å². The number of cyclic esters (lactones) is 1. The van der Waals surface area contributed by atoms with Crippen LogP contribution in [0.15, 0.2) is 35.0 Å². The van der Waals surface area contributed by atoms with Crippen LogP contribution >= 0.6 is 0 Å². The number of allylic oxidation sites excluding steroid dienone is 1. The van der Waals surface area contributed by atoms with Crippen LogP contribution in [0.4, 0.5) is 0 Å². The predicted molar refractivity (Wildman–Crippen MR) is 109 cm³/mol. The SMILES string of the molecule is C=C1C(=O)C23CC[C@H]1CC2[C@@]12CCC[C@@](C)(COC1=O)C2C[C@H]3OC(=O)c1ccco1. The van der Waals surface area contributed by atoms with Crippen LogP contribution < -0.4 is 0 Å². The number of hydrogen-bond donors (Lipinski definition) is 0. The lowest BCUT2D eigenvalue weighted by Gasteiger charge is -2.69. The fourth-order valence-electron chi connectivity index (χ4n) is 8.22. The largest absolute Gasteiger partial charge is 0.465 e. The van der Waals surface area contributed by atoms with E-state index in [1.54, 1.807) is 12.1 Å². The van der Waals surface area contributed by atoms with E-state index < -0.39 is 22.9 Å². The van der Waals surface area contributed by atoms with Crippen LogP contribution in [-0.2, 0) is 19.1 Å². The number of hydrogen-bond acceptors (Lipinski definition) is 6. The van der Waals surface area contributed by atoms with Gasteiger partial charge in [-0.05, 0) is 74.0 Å². The van der Waals surface area contributed by atoms with Crippen LogP contribution in [0.5, 0.6) is 0 Å². The zero-order valence-electron chi connectivity index (χ0n) is 17.9. The zero-order chi connectivity index (χ0) is 21.6. The van der Waals surface area contributed by atoms with Gasteiger partial charge in [0, 0.05) is 5.41 Å². The lowest BCUT2D eigenvalue weighted by atomic mass is 9.35. The van der Waals surface area contributed by atoms with E-state index in [0.29, 0.717) is 25.0 Å². The summed E-state index contributed by atoms with van der Waals surface area (Å²) in [7, 11) is 0. The molecule has 1 spiro atoms. The topological polar surface area (TPSA) is 82.8 Å². The van der Waals surface area contributed by atoms with Crippen LogP contribution in [0, 0.1) is 34.0 Å². The first-order valence-corrected chi connectivity index (χ1v) is 11.5. The van der Waals surface area contributed by atoms with Gasteiger partial charge in [-0.15, -0.1) is 0 Å². The summed E-state index contributed by atoms with van der Waals surface area (Å²) in [4.78, 5) is 40.1. The van der Waals surface area contributed by atoms with Crippen LogP contribution in [0.25, 0.3) is 0 Å². The Labute approximate surface area is 181 Å². The van der Waals surface area contributed by atoms with E-state index >= 15 is 0 Å². The highest BCUT2D eigenvalue weighted by molar-refractivity contribution is 6.03. The Morgan fingerprint density at radius 3 is 2.77 bits per heavy atom. The van der Waals surface area contributed by atoms with E-state index in [4.69, 9.17) is 13.9 Å². The van der Waals surface area contributed by atoms with Crippen molar-refractivity contribution in [3.8, 4) is 0 Å². The van der Waals surface area contributed by atoms with Crippen LogP contribution in [0.3, 0.4) is 0 Å². The van der Waals surface area contributed by atoms with Crippen molar-refractivity contribution in [3.63, 3.8) is 0 Å².